The molecule has 20 heavy (non-hydrogen) atoms. The Labute approximate surface area is 118 Å². The first-order valence-corrected chi connectivity index (χ1v) is 6.38. The SMILES string of the molecule is C=Cc1cc(C(C)(C)O)n(-c2ccc(F)cc2)c1C=C. The second kappa shape index (κ2) is 5.10. The van der Waals surface area contributed by atoms with E-state index in [9.17, 15) is 9.50 Å². The van der Waals surface area contributed by atoms with Crippen molar-refractivity contribution in [2.45, 2.75) is 19.4 Å². The molecule has 104 valence electrons. The molecule has 0 bridgehead atoms. The number of hydrogen-bond donors (Lipinski definition) is 1. The Kier molecular flexibility index (Phi) is 3.64. The third kappa shape index (κ3) is 2.45. The van der Waals surface area contributed by atoms with E-state index in [-0.39, 0.29) is 5.82 Å². The Balaban J connectivity index is 2.77. The summed E-state index contributed by atoms with van der Waals surface area (Å²) in [6.45, 7) is 11.0. The van der Waals surface area contributed by atoms with Crippen LogP contribution in [0.2, 0.25) is 0 Å². The van der Waals surface area contributed by atoms with Crippen LogP contribution in [-0.2, 0) is 5.60 Å². The highest BCUT2D eigenvalue weighted by molar-refractivity contribution is 5.65. The van der Waals surface area contributed by atoms with Gasteiger partial charge in [0, 0.05) is 5.69 Å². The standard InChI is InChI=1S/C17H18FNO/c1-5-12-11-16(17(3,4)20)19(15(12)6-2)14-9-7-13(18)8-10-14/h5-11,20H,1-2H2,3-4H3. The number of aromatic nitrogens is 1. The summed E-state index contributed by atoms with van der Waals surface area (Å²) in [5, 5.41) is 10.4. The molecule has 0 unspecified atom stereocenters. The molecule has 0 amide bonds. The maximum atomic E-state index is 13.1. The molecular formula is C17H18FNO. The maximum absolute atomic E-state index is 13.1. The molecule has 0 aliphatic rings. The van der Waals surface area contributed by atoms with Crippen LogP contribution in [0.1, 0.15) is 30.8 Å². The number of benzene rings is 1. The third-order valence-corrected chi connectivity index (χ3v) is 3.19. The van der Waals surface area contributed by atoms with Crippen molar-refractivity contribution < 1.29 is 9.50 Å². The molecule has 0 spiro atoms. The summed E-state index contributed by atoms with van der Waals surface area (Å²) in [5.74, 6) is -0.296. The smallest absolute Gasteiger partial charge is 0.123 e. The molecule has 0 aliphatic carbocycles. The average Bonchev–Trinajstić information content (AvgIpc) is 2.78. The molecule has 2 nitrogen and oxygen atoms in total. The van der Waals surface area contributed by atoms with E-state index in [1.807, 2.05) is 10.6 Å². The van der Waals surface area contributed by atoms with Crippen LogP contribution < -0.4 is 0 Å². The zero-order valence-corrected chi connectivity index (χ0v) is 11.7. The molecule has 2 aromatic rings. The molecule has 1 aromatic heterocycles. The average molecular weight is 271 g/mol. The molecule has 0 aliphatic heterocycles. The minimum absolute atomic E-state index is 0.296. The van der Waals surface area contributed by atoms with Gasteiger partial charge in [0.1, 0.15) is 5.82 Å². The lowest BCUT2D eigenvalue weighted by atomic mass is 10.0. The number of hydrogen-bond acceptors (Lipinski definition) is 1. The molecule has 1 heterocycles. The predicted octanol–water partition coefficient (Wildman–Crippen LogP) is 4.13. The highest BCUT2D eigenvalue weighted by Gasteiger charge is 2.24. The summed E-state index contributed by atoms with van der Waals surface area (Å²) >= 11 is 0. The van der Waals surface area contributed by atoms with Crippen LogP contribution >= 0.6 is 0 Å². The number of aliphatic hydroxyl groups is 1. The zero-order valence-electron chi connectivity index (χ0n) is 11.7. The predicted molar refractivity (Wildman–Crippen MR) is 81.2 cm³/mol. The van der Waals surface area contributed by atoms with Gasteiger partial charge in [0.15, 0.2) is 0 Å². The third-order valence-electron chi connectivity index (χ3n) is 3.19. The van der Waals surface area contributed by atoms with Crippen molar-refractivity contribution >= 4 is 12.2 Å². The van der Waals surface area contributed by atoms with Gasteiger partial charge in [0.2, 0.25) is 0 Å². The number of rotatable bonds is 4. The fourth-order valence-corrected chi connectivity index (χ4v) is 2.24. The Morgan fingerprint density at radius 1 is 1.15 bits per heavy atom. The molecule has 3 heteroatoms. The lowest BCUT2D eigenvalue weighted by Crippen LogP contribution is -2.20. The van der Waals surface area contributed by atoms with Gasteiger partial charge in [-0.05, 0) is 55.8 Å². The van der Waals surface area contributed by atoms with Crippen LogP contribution in [0.25, 0.3) is 17.8 Å². The summed E-state index contributed by atoms with van der Waals surface area (Å²) < 4.78 is 15.0. The Morgan fingerprint density at radius 2 is 1.75 bits per heavy atom. The first-order chi connectivity index (χ1) is 9.38. The first-order valence-electron chi connectivity index (χ1n) is 6.38. The summed E-state index contributed by atoms with van der Waals surface area (Å²) in [4.78, 5) is 0. The van der Waals surface area contributed by atoms with E-state index in [1.54, 1.807) is 38.1 Å². The highest BCUT2D eigenvalue weighted by Crippen LogP contribution is 2.30. The van der Waals surface area contributed by atoms with Gasteiger partial charge in [-0.25, -0.2) is 4.39 Å². The Hall–Kier alpha value is -2.13. The second-order valence-electron chi connectivity index (χ2n) is 5.15. The molecule has 2 rings (SSSR count). The van der Waals surface area contributed by atoms with E-state index in [4.69, 9.17) is 0 Å². The fraction of sp³-hybridized carbons (Fsp3) is 0.176. The van der Waals surface area contributed by atoms with Crippen LogP contribution in [-0.4, -0.2) is 9.67 Å². The summed E-state index contributed by atoms with van der Waals surface area (Å²) in [6.07, 6.45) is 3.42. The van der Waals surface area contributed by atoms with Crippen LogP contribution in [0.3, 0.4) is 0 Å². The minimum Gasteiger partial charge on any atom is -0.384 e. The van der Waals surface area contributed by atoms with Crippen molar-refractivity contribution in [2.75, 3.05) is 0 Å². The van der Waals surface area contributed by atoms with Crippen molar-refractivity contribution in [1.29, 1.82) is 0 Å². The molecule has 1 N–H and O–H groups in total. The van der Waals surface area contributed by atoms with E-state index in [2.05, 4.69) is 13.2 Å². The van der Waals surface area contributed by atoms with Gasteiger partial charge >= 0.3 is 0 Å². The van der Waals surface area contributed by atoms with E-state index in [1.165, 1.54) is 12.1 Å². The molecule has 0 saturated carbocycles. The normalized spacial score (nSPS) is 11.4. The second-order valence-corrected chi connectivity index (χ2v) is 5.15. The van der Waals surface area contributed by atoms with Gasteiger partial charge in [-0.3, -0.25) is 0 Å². The largest absolute Gasteiger partial charge is 0.384 e. The van der Waals surface area contributed by atoms with Crippen LogP contribution in [0.4, 0.5) is 4.39 Å². The monoisotopic (exact) mass is 271 g/mol. The van der Waals surface area contributed by atoms with Gasteiger partial charge in [0.25, 0.3) is 0 Å². The molecule has 0 radical (unpaired) electrons. The quantitative estimate of drug-likeness (QED) is 0.888. The lowest BCUT2D eigenvalue weighted by molar-refractivity contribution is 0.0721. The van der Waals surface area contributed by atoms with Gasteiger partial charge < -0.3 is 9.67 Å². The van der Waals surface area contributed by atoms with Gasteiger partial charge in [-0.1, -0.05) is 19.2 Å². The Bertz CT molecular complexity index is 645. The van der Waals surface area contributed by atoms with Crippen molar-refractivity contribution in [3.8, 4) is 5.69 Å². The molecule has 0 saturated heterocycles. The zero-order chi connectivity index (χ0) is 14.9. The van der Waals surface area contributed by atoms with Crippen molar-refractivity contribution in [2.24, 2.45) is 0 Å². The van der Waals surface area contributed by atoms with Crippen LogP contribution in [0, 0.1) is 5.82 Å². The van der Waals surface area contributed by atoms with E-state index in [0.717, 1.165) is 16.9 Å². The molecular weight excluding hydrogens is 253 g/mol. The highest BCUT2D eigenvalue weighted by atomic mass is 19.1. The molecule has 0 atom stereocenters. The van der Waals surface area contributed by atoms with E-state index < -0.39 is 5.60 Å². The summed E-state index contributed by atoms with van der Waals surface area (Å²) in [6, 6.07) is 8.00. The van der Waals surface area contributed by atoms with Crippen molar-refractivity contribution in [3.63, 3.8) is 0 Å². The van der Waals surface area contributed by atoms with E-state index >= 15 is 0 Å². The maximum Gasteiger partial charge on any atom is 0.123 e. The Morgan fingerprint density at radius 3 is 2.20 bits per heavy atom. The number of halogens is 1. The van der Waals surface area contributed by atoms with Crippen LogP contribution in [0.5, 0.6) is 0 Å². The topological polar surface area (TPSA) is 25.2 Å². The minimum atomic E-state index is -1.03. The molecule has 1 aromatic carbocycles. The van der Waals surface area contributed by atoms with E-state index in [0.29, 0.717) is 5.69 Å². The van der Waals surface area contributed by atoms with Gasteiger partial charge in [0.05, 0.1) is 17.0 Å². The summed E-state index contributed by atoms with van der Waals surface area (Å²) in [5.41, 5.74) is 2.14. The number of nitrogens with zero attached hydrogens (tertiary/aromatic N) is 1. The van der Waals surface area contributed by atoms with Gasteiger partial charge in [-0.2, -0.15) is 0 Å². The van der Waals surface area contributed by atoms with Crippen LogP contribution in [0.15, 0.2) is 43.5 Å². The van der Waals surface area contributed by atoms with Crippen molar-refractivity contribution in [1.82, 2.24) is 4.57 Å². The molecule has 0 fully saturated rings. The first kappa shape index (κ1) is 14.3. The van der Waals surface area contributed by atoms with Gasteiger partial charge in [-0.15, -0.1) is 0 Å². The lowest BCUT2D eigenvalue weighted by Gasteiger charge is -2.21. The van der Waals surface area contributed by atoms with Crippen molar-refractivity contribution in [3.05, 3.63) is 66.3 Å². The summed E-state index contributed by atoms with van der Waals surface area (Å²) in [7, 11) is 0. The fourth-order valence-electron chi connectivity index (χ4n) is 2.24.